The monoisotopic (exact) mass is 412 g/mol. The Morgan fingerprint density at radius 2 is 1.71 bits per heavy atom. The van der Waals surface area contributed by atoms with Gasteiger partial charge in [-0.25, -0.2) is 14.9 Å². The highest BCUT2D eigenvalue weighted by molar-refractivity contribution is 5.79. The zero-order chi connectivity index (χ0) is 21.7. The Hall–Kier alpha value is -3.66. The number of hydrogen-bond acceptors (Lipinski definition) is 6. The third-order valence-corrected chi connectivity index (χ3v) is 5.27. The molecule has 0 saturated heterocycles. The van der Waals surface area contributed by atoms with Crippen LogP contribution in [0.15, 0.2) is 83.9 Å². The van der Waals surface area contributed by atoms with Crippen LogP contribution in [0, 0.1) is 11.3 Å². The Bertz CT molecular complexity index is 1100. The van der Waals surface area contributed by atoms with Gasteiger partial charge in [0.15, 0.2) is 0 Å². The highest BCUT2D eigenvalue weighted by Crippen LogP contribution is 2.41. The third kappa shape index (κ3) is 4.43. The average Bonchev–Trinajstić information content (AvgIpc) is 3.01. The third-order valence-electron chi connectivity index (χ3n) is 5.27. The van der Waals surface area contributed by atoms with Crippen LogP contribution in [-0.2, 0) is 21.9 Å². The molecule has 2 N–H and O–H groups in total. The van der Waals surface area contributed by atoms with E-state index < -0.39 is 5.72 Å². The number of fused-ring (bicyclic) bond motifs is 2. The first-order valence-electron chi connectivity index (χ1n) is 10.1. The molecule has 0 amide bonds. The van der Waals surface area contributed by atoms with E-state index in [0.29, 0.717) is 31.2 Å². The van der Waals surface area contributed by atoms with Gasteiger partial charge < -0.3 is 10.5 Å². The van der Waals surface area contributed by atoms with E-state index in [9.17, 15) is 0 Å². The van der Waals surface area contributed by atoms with Gasteiger partial charge in [-0.1, -0.05) is 60.7 Å². The van der Waals surface area contributed by atoms with Crippen LogP contribution in [0.5, 0.6) is 0 Å². The first-order chi connectivity index (χ1) is 15.1. The molecule has 1 unspecified atom stereocenters. The second kappa shape index (κ2) is 9.00. The average molecular weight is 412 g/mol. The summed E-state index contributed by atoms with van der Waals surface area (Å²) in [6.45, 7) is 1.05. The topological polar surface area (TPSA) is 83.9 Å². The van der Waals surface area contributed by atoms with E-state index in [1.807, 2.05) is 66.7 Å². The molecule has 2 aliphatic heterocycles. The van der Waals surface area contributed by atoms with E-state index in [4.69, 9.17) is 20.6 Å². The fraction of sp³-hybridized carbons (Fsp3) is 0.200. The normalized spacial score (nSPS) is 19.5. The molecule has 0 saturated carbocycles. The number of nitrogens with zero attached hydrogens (tertiary/aromatic N) is 3. The van der Waals surface area contributed by atoms with Crippen LogP contribution in [0.1, 0.15) is 23.1 Å². The molecule has 6 heteroatoms. The van der Waals surface area contributed by atoms with Gasteiger partial charge in [0.2, 0.25) is 11.7 Å². The van der Waals surface area contributed by atoms with Crippen LogP contribution >= 0.6 is 0 Å². The lowest BCUT2D eigenvalue weighted by Crippen LogP contribution is -2.32. The summed E-state index contributed by atoms with van der Waals surface area (Å²) < 4.78 is 5.71. The minimum atomic E-state index is -0.854. The predicted molar refractivity (Wildman–Crippen MR) is 119 cm³/mol. The first kappa shape index (κ1) is 20.6. The summed E-state index contributed by atoms with van der Waals surface area (Å²) >= 11 is 0. The molecule has 1 spiro atoms. The zero-order valence-electron chi connectivity index (χ0n) is 17.4. The van der Waals surface area contributed by atoms with Gasteiger partial charge in [-0.05, 0) is 34.9 Å². The Morgan fingerprint density at radius 1 is 1.00 bits per heavy atom. The van der Waals surface area contributed by atoms with Gasteiger partial charge in [-0.3, -0.25) is 0 Å². The number of nitrogens with two attached hydrogens (primary N) is 1. The maximum atomic E-state index is 9.14. The molecule has 3 aromatic rings. The summed E-state index contributed by atoms with van der Waals surface area (Å²) in [5.74, 6) is 0.352. The Morgan fingerprint density at radius 3 is 2.35 bits per heavy atom. The van der Waals surface area contributed by atoms with Crippen molar-refractivity contribution < 1.29 is 9.57 Å². The summed E-state index contributed by atoms with van der Waals surface area (Å²) in [5.41, 5.74) is 9.70. The van der Waals surface area contributed by atoms with Crippen molar-refractivity contribution in [3.05, 3.63) is 95.6 Å². The molecule has 0 aliphatic carbocycles. The molecular formula is C25H24N4O2. The van der Waals surface area contributed by atoms with E-state index in [0.717, 1.165) is 22.3 Å². The molecule has 2 aliphatic rings. The molecule has 0 bridgehead atoms. The van der Waals surface area contributed by atoms with Crippen molar-refractivity contribution >= 4 is 5.96 Å². The Balaban J connectivity index is 0.000000334. The van der Waals surface area contributed by atoms with Crippen molar-refractivity contribution in [1.29, 1.82) is 5.26 Å². The standard InChI is InChI=1S/C19H18N4O2.C6H6/c1-23-18(21)22-19(25-23)7-8-24-12-16-6-5-15(10-17(16)19)14-4-2-3-13(9-14)11-20;1-2-4-6-5-3-1/h2-6,9-10H,7-8,12H2,1H3,(H2,21,22);1-6H. The van der Waals surface area contributed by atoms with E-state index >= 15 is 0 Å². The highest BCUT2D eigenvalue weighted by atomic mass is 16.7. The number of guanidine groups is 1. The van der Waals surface area contributed by atoms with Crippen LogP contribution in [0.3, 0.4) is 0 Å². The lowest BCUT2D eigenvalue weighted by molar-refractivity contribution is -0.178. The van der Waals surface area contributed by atoms with Crippen LogP contribution in [0.2, 0.25) is 0 Å². The molecule has 6 nitrogen and oxygen atoms in total. The molecule has 156 valence electrons. The number of ether oxygens (including phenoxy) is 1. The van der Waals surface area contributed by atoms with Crippen molar-refractivity contribution in [2.24, 2.45) is 10.7 Å². The van der Waals surface area contributed by atoms with Crippen LogP contribution < -0.4 is 5.73 Å². The Kier molecular flexibility index (Phi) is 5.99. The molecule has 2 heterocycles. The van der Waals surface area contributed by atoms with Gasteiger partial charge in [-0.15, -0.1) is 0 Å². The SMILES string of the molecule is CN1OC2(CCOCc3ccc(-c4cccc(C#N)c4)cc32)N=C1N.c1ccccc1. The molecule has 5 rings (SSSR count). The molecule has 0 aromatic heterocycles. The van der Waals surface area contributed by atoms with Gasteiger partial charge in [0, 0.05) is 19.0 Å². The van der Waals surface area contributed by atoms with Crippen molar-refractivity contribution in [3.63, 3.8) is 0 Å². The maximum absolute atomic E-state index is 9.14. The van der Waals surface area contributed by atoms with Gasteiger partial charge in [0.05, 0.1) is 24.8 Å². The maximum Gasteiger partial charge on any atom is 0.218 e. The van der Waals surface area contributed by atoms with E-state index in [2.05, 4.69) is 17.1 Å². The van der Waals surface area contributed by atoms with Gasteiger partial charge >= 0.3 is 0 Å². The van der Waals surface area contributed by atoms with Crippen molar-refractivity contribution in [3.8, 4) is 17.2 Å². The molecule has 1 atom stereocenters. The van der Waals surface area contributed by atoms with Crippen LogP contribution in [0.25, 0.3) is 11.1 Å². The summed E-state index contributed by atoms with van der Waals surface area (Å²) in [6.07, 6.45) is 0.590. The number of hydroxylamine groups is 2. The number of benzene rings is 3. The minimum Gasteiger partial charge on any atom is -0.377 e. The Labute approximate surface area is 182 Å². The number of hydrogen-bond donors (Lipinski definition) is 1. The number of aliphatic imine (C=N–C) groups is 1. The summed E-state index contributed by atoms with van der Waals surface area (Å²) in [6, 6.07) is 27.8. The number of nitriles is 1. The van der Waals surface area contributed by atoms with Crippen LogP contribution in [-0.4, -0.2) is 24.7 Å². The second-order valence-electron chi connectivity index (χ2n) is 7.36. The predicted octanol–water partition coefficient (Wildman–Crippen LogP) is 4.18. The van der Waals surface area contributed by atoms with E-state index in [1.165, 1.54) is 5.06 Å². The fourth-order valence-corrected chi connectivity index (χ4v) is 3.69. The smallest absolute Gasteiger partial charge is 0.218 e. The van der Waals surface area contributed by atoms with E-state index in [-0.39, 0.29) is 0 Å². The molecule has 0 radical (unpaired) electrons. The second-order valence-corrected chi connectivity index (χ2v) is 7.36. The van der Waals surface area contributed by atoms with Crippen molar-refractivity contribution in [1.82, 2.24) is 5.06 Å². The van der Waals surface area contributed by atoms with Gasteiger partial charge in [0.1, 0.15) is 0 Å². The minimum absolute atomic E-state index is 0.352. The van der Waals surface area contributed by atoms with Gasteiger partial charge in [-0.2, -0.15) is 5.26 Å². The zero-order valence-corrected chi connectivity index (χ0v) is 17.4. The lowest BCUT2D eigenvalue weighted by atomic mass is 9.91. The van der Waals surface area contributed by atoms with Crippen LogP contribution in [0.4, 0.5) is 0 Å². The quantitative estimate of drug-likeness (QED) is 0.648. The summed E-state index contributed by atoms with van der Waals surface area (Å²) in [4.78, 5) is 10.6. The summed E-state index contributed by atoms with van der Waals surface area (Å²) in [5, 5.41) is 10.6. The molecular weight excluding hydrogens is 388 g/mol. The molecule has 31 heavy (non-hydrogen) atoms. The molecule has 3 aromatic carbocycles. The fourth-order valence-electron chi connectivity index (χ4n) is 3.69. The van der Waals surface area contributed by atoms with Crippen molar-refractivity contribution in [2.45, 2.75) is 18.8 Å². The first-order valence-corrected chi connectivity index (χ1v) is 10.1. The van der Waals surface area contributed by atoms with Gasteiger partial charge in [0.25, 0.3) is 0 Å². The largest absolute Gasteiger partial charge is 0.377 e. The number of rotatable bonds is 1. The summed E-state index contributed by atoms with van der Waals surface area (Å²) in [7, 11) is 1.75. The highest BCUT2D eigenvalue weighted by Gasteiger charge is 2.43. The van der Waals surface area contributed by atoms with Crippen molar-refractivity contribution in [2.75, 3.05) is 13.7 Å². The lowest BCUT2D eigenvalue weighted by Gasteiger charge is -2.26. The van der Waals surface area contributed by atoms with E-state index in [1.54, 1.807) is 13.1 Å². The molecule has 0 fully saturated rings.